The highest BCUT2D eigenvalue weighted by atomic mass is 127. The number of ether oxygens (including phenoxy) is 1. The number of alkyl halides is 3. The van der Waals surface area contributed by atoms with Gasteiger partial charge in [-0.25, -0.2) is 4.98 Å². The Kier molecular flexibility index (Phi) is 13.2. The standard InChI is InChI=1S/C15H25F3N4OS.HI/c1-3-19-14(20-8-5-4-6-10-23-2)21-9-7-13-22-12(11-24-13)15(16,17)18;/h11H,3-10H2,1-2H3,(H2,19,20,21);1H. The number of methoxy groups -OCH3 is 1. The number of hydrogen-bond donors (Lipinski definition) is 2. The molecule has 0 spiro atoms. The first-order valence-corrected chi connectivity index (χ1v) is 8.88. The number of aromatic nitrogens is 1. The Labute approximate surface area is 167 Å². The van der Waals surface area contributed by atoms with Gasteiger partial charge in [-0.05, 0) is 26.2 Å². The number of nitrogens with zero attached hydrogens (tertiary/aromatic N) is 2. The topological polar surface area (TPSA) is 58.5 Å². The molecule has 1 aromatic heterocycles. The average Bonchev–Trinajstić information content (AvgIpc) is 3.00. The molecular weight excluding hydrogens is 468 g/mol. The molecular formula is C15H26F3IN4OS. The molecule has 0 fully saturated rings. The molecule has 1 aromatic rings. The number of halogens is 4. The van der Waals surface area contributed by atoms with E-state index in [0.717, 1.165) is 49.1 Å². The third-order valence-corrected chi connectivity index (χ3v) is 4.00. The minimum absolute atomic E-state index is 0. The van der Waals surface area contributed by atoms with E-state index in [1.54, 1.807) is 7.11 Å². The first-order chi connectivity index (χ1) is 11.5. The van der Waals surface area contributed by atoms with Crippen LogP contribution in [0.5, 0.6) is 0 Å². The highest BCUT2D eigenvalue weighted by Crippen LogP contribution is 2.29. The van der Waals surface area contributed by atoms with Crippen LogP contribution in [0.4, 0.5) is 13.2 Å². The molecule has 0 aromatic carbocycles. The van der Waals surface area contributed by atoms with E-state index in [1.165, 1.54) is 0 Å². The van der Waals surface area contributed by atoms with Crippen LogP contribution in [0.15, 0.2) is 10.4 Å². The van der Waals surface area contributed by atoms with Gasteiger partial charge in [0.15, 0.2) is 11.7 Å². The maximum atomic E-state index is 12.5. The van der Waals surface area contributed by atoms with Crippen LogP contribution in [0.25, 0.3) is 0 Å². The zero-order valence-corrected chi connectivity index (χ0v) is 17.6. The van der Waals surface area contributed by atoms with Crippen molar-refractivity contribution in [1.29, 1.82) is 0 Å². The largest absolute Gasteiger partial charge is 0.434 e. The van der Waals surface area contributed by atoms with E-state index in [0.29, 0.717) is 30.5 Å². The minimum Gasteiger partial charge on any atom is -0.385 e. The Morgan fingerprint density at radius 1 is 1.28 bits per heavy atom. The van der Waals surface area contributed by atoms with E-state index in [9.17, 15) is 13.2 Å². The molecule has 0 aliphatic heterocycles. The van der Waals surface area contributed by atoms with Gasteiger partial charge in [-0.15, -0.1) is 35.3 Å². The molecule has 10 heteroatoms. The zero-order chi connectivity index (χ0) is 17.8. The van der Waals surface area contributed by atoms with Gasteiger partial charge < -0.3 is 15.4 Å². The molecule has 1 heterocycles. The predicted octanol–water partition coefficient (Wildman–Crippen LogP) is 3.69. The fraction of sp³-hybridized carbons (Fsp3) is 0.733. The summed E-state index contributed by atoms with van der Waals surface area (Å²) in [7, 11) is 1.69. The van der Waals surface area contributed by atoms with Gasteiger partial charge in [0.25, 0.3) is 0 Å². The maximum Gasteiger partial charge on any atom is 0.434 e. The van der Waals surface area contributed by atoms with Crippen LogP contribution in [0.2, 0.25) is 0 Å². The van der Waals surface area contributed by atoms with Crippen molar-refractivity contribution >= 4 is 41.3 Å². The van der Waals surface area contributed by atoms with Gasteiger partial charge in [-0.2, -0.15) is 13.2 Å². The Hall–Kier alpha value is -0.620. The van der Waals surface area contributed by atoms with Crippen molar-refractivity contribution in [1.82, 2.24) is 15.6 Å². The summed E-state index contributed by atoms with van der Waals surface area (Å²) < 4.78 is 42.5. The molecule has 0 saturated carbocycles. The van der Waals surface area contributed by atoms with Crippen molar-refractivity contribution in [2.75, 3.05) is 33.4 Å². The van der Waals surface area contributed by atoms with Crippen molar-refractivity contribution in [3.05, 3.63) is 16.1 Å². The molecule has 0 aliphatic carbocycles. The molecule has 1 rings (SSSR count). The molecule has 0 atom stereocenters. The van der Waals surface area contributed by atoms with E-state index in [2.05, 4.69) is 20.6 Å². The van der Waals surface area contributed by atoms with Gasteiger partial charge in [0.2, 0.25) is 0 Å². The van der Waals surface area contributed by atoms with E-state index < -0.39 is 11.9 Å². The van der Waals surface area contributed by atoms with Crippen LogP contribution in [0, 0.1) is 0 Å². The molecule has 5 nitrogen and oxygen atoms in total. The summed E-state index contributed by atoms with van der Waals surface area (Å²) in [6.07, 6.45) is -0.903. The number of aliphatic imine (C=N–C) groups is 1. The third kappa shape index (κ3) is 10.9. The summed E-state index contributed by atoms with van der Waals surface area (Å²) in [4.78, 5) is 8.05. The van der Waals surface area contributed by atoms with Gasteiger partial charge in [0.05, 0.1) is 5.01 Å². The van der Waals surface area contributed by atoms with E-state index in [-0.39, 0.29) is 24.0 Å². The van der Waals surface area contributed by atoms with Gasteiger partial charge in [-0.3, -0.25) is 4.99 Å². The van der Waals surface area contributed by atoms with Crippen LogP contribution >= 0.6 is 35.3 Å². The second-order valence-corrected chi connectivity index (χ2v) is 6.06. The summed E-state index contributed by atoms with van der Waals surface area (Å²) in [5.74, 6) is 0.678. The number of hydrogen-bond acceptors (Lipinski definition) is 4. The fourth-order valence-electron chi connectivity index (χ4n) is 1.91. The SMILES string of the molecule is CCNC(=NCCCCCOC)NCCc1nc(C(F)(F)F)cs1.I. The summed E-state index contributed by atoms with van der Waals surface area (Å²) in [6.45, 7) is 4.64. The smallest absolute Gasteiger partial charge is 0.385 e. The molecule has 0 radical (unpaired) electrons. The first kappa shape index (κ1) is 24.4. The molecule has 0 aliphatic rings. The molecule has 25 heavy (non-hydrogen) atoms. The van der Waals surface area contributed by atoms with Crippen LogP contribution in [-0.4, -0.2) is 44.3 Å². The van der Waals surface area contributed by atoms with Crippen LogP contribution in [0.3, 0.4) is 0 Å². The number of thiazole rings is 1. The van der Waals surface area contributed by atoms with Crippen molar-refractivity contribution in [3.63, 3.8) is 0 Å². The lowest BCUT2D eigenvalue weighted by Crippen LogP contribution is -2.38. The van der Waals surface area contributed by atoms with Crippen molar-refractivity contribution in [2.45, 2.75) is 38.8 Å². The number of guanidine groups is 1. The van der Waals surface area contributed by atoms with E-state index >= 15 is 0 Å². The molecule has 146 valence electrons. The van der Waals surface area contributed by atoms with Crippen LogP contribution < -0.4 is 10.6 Å². The second-order valence-electron chi connectivity index (χ2n) is 5.12. The molecule has 0 bridgehead atoms. The van der Waals surface area contributed by atoms with Gasteiger partial charge in [-0.1, -0.05) is 0 Å². The maximum absolute atomic E-state index is 12.5. The van der Waals surface area contributed by atoms with E-state index in [1.807, 2.05) is 6.92 Å². The number of nitrogens with one attached hydrogen (secondary N) is 2. The Bertz CT molecular complexity index is 497. The van der Waals surface area contributed by atoms with Crippen LogP contribution in [-0.2, 0) is 17.3 Å². The quantitative estimate of drug-likeness (QED) is 0.226. The summed E-state index contributed by atoms with van der Waals surface area (Å²) in [6, 6.07) is 0. The molecule has 0 amide bonds. The Morgan fingerprint density at radius 2 is 2.04 bits per heavy atom. The Morgan fingerprint density at radius 3 is 2.64 bits per heavy atom. The van der Waals surface area contributed by atoms with Crippen molar-refractivity contribution in [2.24, 2.45) is 4.99 Å². The number of rotatable bonds is 10. The van der Waals surface area contributed by atoms with Gasteiger partial charge >= 0.3 is 6.18 Å². The minimum atomic E-state index is -4.37. The predicted molar refractivity (Wildman–Crippen MR) is 106 cm³/mol. The van der Waals surface area contributed by atoms with Crippen LogP contribution in [0.1, 0.15) is 36.9 Å². The third-order valence-electron chi connectivity index (χ3n) is 3.09. The highest BCUT2D eigenvalue weighted by molar-refractivity contribution is 14.0. The zero-order valence-electron chi connectivity index (χ0n) is 14.5. The van der Waals surface area contributed by atoms with E-state index in [4.69, 9.17) is 4.74 Å². The monoisotopic (exact) mass is 494 g/mol. The second kappa shape index (κ2) is 13.6. The highest BCUT2D eigenvalue weighted by Gasteiger charge is 2.33. The Balaban J connectivity index is 0.00000576. The van der Waals surface area contributed by atoms with Gasteiger partial charge in [0, 0.05) is 45.2 Å². The van der Waals surface area contributed by atoms with Crippen molar-refractivity contribution in [3.8, 4) is 0 Å². The molecule has 0 unspecified atom stereocenters. The molecule has 0 saturated heterocycles. The van der Waals surface area contributed by atoms with Gasteiger partial charge in [0.1, 0.15) is 0 Å². The lowest BCUT2D eigenvalue weighted by atomic mass is 10.2. The summed E-state index contributed by atoms with van der Waals surface area (Å²) in [5, 5.41) is 7.75. The lowest BCUT2D eigenvalue weighted by Gasteiger charge is -2.10. The van der Waals surface area contributed by atoms with Crippen molar-refractivity contribution < 1.29 is 17.9 Å². The fourth-order valence-corrected chi connectivity index (χ4v) is 2.72. The summed E-state index contributed by atoms with van der Waals surface area (Å²) >= 11 is 1.03. The molecule has 2 N–H and O–H groups in total. The lowest BCUT2D eigenvalue weighted by molar-refractivity contribution is -0.140. The number of unbranched alkanes of at least 4 members (excludes halogenated alkanes) is 2. The average molecular weight is 494 g/mol. The first-order valence-electron chi connectivity index (χ1n) is 8.00. The normalized spacial score (nSPS) is 12.0. The summed E-state index contributed by atoms with van der Waals surface area (Å²) in [5.41, 5.74) is -0.820.